The van der Waals surface area contributed by atoms with Crippen LogP contribution in [-0.2, 0) is 4.74 Å². The van der Waals surface area contributed by atoms with Crippen LogP contribution in [0, 0.1) is 5.92 Å². The molecule has 2 rings (SSSR count). The Hall–Kier alpha value is -1.46. The van der Waals surface area contributed by atoms with Crippen LogP contribution in [0.4, 0.5) is 4.79 Å². The molecule has 1 saturated heterocycles. The van der Waals surface area contributed by atoms with Crippen LogP contribution in [0.15, 0.2) is 24.3 Å². The van der Waals surface area contributed by atoms with E-state index in [9.17, 15) is 4.79 Å². The van der Waals surface area contributed by atoms with Gasteiger partial charge in [-0.2, -0.15) is 0 Å². The van der Waals surface area contributed by atoms with E-state index < -0.39 is 0 Å². The van der Waals surface area contributed by atoms with Crippen molar-refractivity contribution in [3.05, 3.63) is 29.3 Å². The first-order valence-electron chi connectivity index (χ1n) is 7.15. The summed E-state index contributed by atoms with van der Waals surface area (Å²) >= 11 is 5.89. The normalized spacial score (nSPS) is 19.0. The van der Waals surface area contributed by atoms with Gasteiger partial charge in [-0.1, -0.05) is 17.7 Å². The van der Waals surface area contributed by atoms with Gasteiger partial charge in [0.05, 0.1) is 13.2 Å². The number of carbonyl (C=O) groups excluding carboxylic acids is 1. The van der Waals surface area contributed by atoms with Gasteiger partial charge in [-0.25, -0.2) is 4.79 Å². The second kappa shape index (κ2) is 8.10. The number of rotatable bonds is 6. The molecule has 1 aromatic rings. The van der Waals surface area contributed by atoms with Gasteiger partial charge in [0.1, 0.15) is 11.9 Å². The highest BCUT2D eigenvalue weighted by Crippen LogP contribution is 2.18. The van der Waals surface area contributed by atoms with Gasteiger partial charge in [-0.05, 0) is 31.5 Å². The Labute approximate surface area is 130 Å². The Morgan fingerprint density at radius 2 is 2.38 bits per heavy atom. The fraction of sp³-hybridized carbons (Fsp3) is 0.533. The molecule has 1 fully saturated rings. The van der Waals surface area contributed by atoms with Crippen molar-refractivity contribution in [3.63, 3.8) is 0 Å². The van der Waals surface area contributed by atoms with Crippen molar-refractivity contribution in [1.29, 1.82) is 0 Å². The molecule has 0 bridgehead atoms. The minimum absolute atomic E-state index is 0.135. The first-order chi connectivity index (χ1) is 10.1. The van der Waals surface area contributed by atoms with E-state index in [1.165, 1.54) is 0 Å². The van der Waals surface area contributed by atoms with E-state index in [4.69, 9.17) is 21.1 Å². The average molecular weight is 313 g/mol. The molecule has 0 saturated carbocycles. The summed E-state index contributed by atoms with van der Waals surface area (Å²) in [5.74, 6) is 1.12. The molecular weight excluding hydrogens is 292 g/mol. The van der Waals surface area contributed by atoms with Crippen molar-refractivity contribution in [2.24, 2.45) is 5.92 Å². The number of benzene rings is 1. The zero-order valence-corrected chi connectivity index (χ0v) is 12.9. The smallest absolute Gasteiger partial charge is 0.314 e. The summed E-state index contributed by atoms with van der Waals surface area (Å²) in [5, 5.41) is 6.27. The van der Waals surface area contributed by atoms with E-state index in [1.54, 1.807) is 12.1 Å². The van der Waals surface area contributed by atoms with Gasteiger partial charge in [0, 0.05) is 24.1 Å². The van der Waals surface area contributed by atoms with Gasteiger partial charge in [0.2, 0.25) is 0 Å². The van der Waals surface area contributed by atoms with Crippen molar-refractivity contribution in [3.8, 4) is 5.75 Å². The Bertz CT molecular complexity index is 464. The summed E-state index contributed by atoms with van der Waals surface area (Å²) in [4.78, 5) is 11.7. The van der Waals surface area contributed by atoms with Crippen LogP contribution >= 0.6 is 11.6 Å². The number of hydrogen-bond donors (Lipinski definition) is 2. The van der Waals surface area contributed by atoms with Crippen LogP contribution in [0.1, 0.15) is 13.3 Å². The van der Waals surface area contributed by atoms with Gasteiger partial charge >= 0.3 is 6.03 Å². The Kier molecular flexibility index (Phi) is 6.14. The van der Waals surface area contributed by atoms with Gasteiger partial charge in [-0.3, -0.25) is 0 Å². The SMILES string of the molecule is C[C@@H](CNC(=O)NC[C@H]1CCOC1)Oc1cccc(Cl)c1. The molecule has 21 heavy (non-hydrogen) atoms. The van der Waals surface area contributed by atoms with E-state index in [0.717, 1.165) is 19.6 Å². The third-order valence-electron chi connectivity index (χ3n) is 3.26. The molecular formula is C15H21ClN2O3. The molecule has 0 aliphatic carbocycles. The van der Waals surface area contributed by atoms with Gasteiger partial charge in [0.25, 0.3) is 0 Å². The third-order valence-corrected chi connectivity index (χ3v) is 3.49. The maximum atomic E-state index is 11.7. The quantitative estimate of drug-likeness (QED) is 0.848. The molecule has 6 heteroatoms. The number of urea groups is 1. The molecule has 2 N–H and O–H groups in total. The molecule has 0 spiro atoms. The lowest BCUT2D eigenvalue weighted by Crippen LogP contribution is -2.42. The zero-order valence-electron chi connectivity index (χ0n) is 12.1. The van der Waals surface area contributed by atoms with Crippen LogP contribution in [0.5, 0.6) is 5.75 Å². The van der Waals surface area contributed by atoms with Crippen LogP contribution in [-0.4, -0.2) is 38.4 Å². The highest BCUT2D eigenvalue weighted by Gasteiger charge is 2.16. The molecule has 2 atom stereocenters. The standard InChI is InChI=1S/C15H21ClN2O3/c1-11(21-14-4-2-3-13(16)7-14)8-17-15(19)18-9-12-5-6-20-10-12/h2-4,7,11-12H,5-6,8-10H2,1H3,(H2,17,18,19)/t11-,12+/m0/s1. The summed E-state index contributed by atoms with van der Waals surface area (Å²) in [6.45, 7) is 4.49. The minimum Gasteiger partial charge on any atom is -0.489 e. The van der Waals surface area contributed by atoms with Gasteiger partial charge in [0.15, 0.2) is 0 Å². The maximum absolute atomic E-state index is 11.7. The number of nitrogens with one attached hydrogen (secondary N) is 2. The maximum Gasteiger partial charge on any atom is 0.314 e. The Balaban J connectivity index is 1.63. The molecule has 1 heterocycles. The number of amides is 2. The summed E-state index contributed by atoms with van der Waals surface area (Å²) in [7, 11) is 0. The van der Waals surface area contributed by atoms with E-state index in [1.807, 2.05) is 19.1 Å². The van der Waals surface area contributed by atoms with Crippen LogP contribution in [0.25, 0.3) is 0 Å². The van der Waals surface area contributed by atoms with Crippen molar-refractivity contribution in [2.75, 3.05) is 26.3 Å². The lowest BCUT2D eigenvalue weighted by molar-refractivity contribution is 0.184. The van der Waals surface area contributed by atoms with Crippen molar-refractivity contribution < 1.29 is 14.3 Å². The van der Waals surface area contributed by atoms with Crippen molar-refractivity contribution >= 4 is 17.6 Å². The van der Waals surface area contributed by atoms with Gasteiger partial charge < -0.3 is 20.1 Å². The predicted octanol–water partition coefficient (Wildman–Crippen LogP) is 2.44. The van der Waals surface area contributed by atoms with E-state index in [-0.39, 0.29) is 12.1 Å². The lowest BCUT2D eigenvalue weighted by Gasteiger charge is -2.16. The molecule has 116 valence electrons. The van der Waals surface area contributed by atoms with E-state index in [2.05, 4.69) is 10.6 Å². The number of ether oxygens (including phenoxy) is 2. The largest absolute Gasteiger partial charge is 0.489 e. The van der Waals surface area contributed by atoms with E-state index in [0.29, 0.717) is 29.8 Å². The van der Waals surface area contributed by atoms with E-state index >= 15 is 0 Å². The number of carbonyl (C=O) groups is 1. The lowest BCUT2D eigenvalue weighted by atomic mass is 10.1. The summed E-state index contributed by atoms with van der Waals surface area (Å²) in [6, 6.07) is 7.02. The predicted molar refractivity (Wildman–Crippen MR) is 81.9 cm³/mol. The second-order valence-electron chi connectivity index (χ2n) is 5.21. The zero-order chi connectivity index (χ0) is 15.1. The first-order valence-corrected chi connectivity index (χ1v) is 7.53. The summed E-state index contributed by atoms with van der Waals surface area (Å²) in [5.41, 5.74) is 0. The molecule has 2 amide bonds. The third kappa shape index (κ3) is 5.81. The monoisotopic (exact) mass is 312 g/mol. The molecule has 0 unspecified atom stereocenters. The second-order valence-corrected chi connectivity index (χ2v) is 5.64. The number of halogens is 1. The van der Waals surface area contributed by atoms with Crippen molar-refractivity contribution in [1.82, 2.24) is 10.6 Å². The van der Waals surface area contributed by atoms with Gasteiger partial charge in [-0.15, -0.1) is 0 Å². The average Bonchev–Trinajstić information content (AvgIpc) is 2.96. The van der Waals surface area contributed by atoms with Crippen LogP contribution < -0.4 is 15.4 Å². The fourth-order valence-corrected chi connectivity index (χ4v) is 2.27. The highest BCUT2D eigenvalue weighted by molar-refractivity contribution is 6.30. The van der Waals surface area contributed by atoms with Crippen molar-refractivity contribution in [2.45, 2.75) is 19.4 Å². The van der Waals surface area contributed by atoms with Crippen LogP contribution in [0.3, 0.4) is 0 Å². The molecule has 0 aromatic heterocycles. The summed E-state index contributed by atoms with van der Waals surface area (Å²) < 4.78 is 10.9. The fourth-order valence-electron chi connectivity index (χ4n) is 2.09. The minimum atomic E-state index is -0.177. The first kappa shape index (κ1) is 15.9. The molecule has 1 aromatic carbocycles. The summed E-state index contributed by atoms with van der Waals surface area (Å²) in [6.07, 6.45) is 0.873. The topological polar surface area (TPSA) is 59.6 Å². The number of hydrogen-bond acceptors (Lipinski definition) is 3. The molecule has 0 radical (unpaired) electrons. The molecule has 1 aliphatic rings. The highest BCUT2D eigenvalue weighted by atomic mass is 35.5. The van der Waals surface area contributed by atoms with Crippen LogP contribution in [0.2, 0.25) is 5.02 Å². The Morgan fingerprint density at radius 1 is 1.52 bits per heavy atom. The Morgan fingerprint density at radius 3 is 3.10 bits per heavy atom. The molecule has 1 aliphatic heterocycles. The molecule has 5 nitrogen and oxygen atoms in total.